The van der Waals surface area contributed by atoms with Gasteiger partial charge in [-0.2, -0.15) is 0 Å². The highest BCUT2D eigenvalue weighted by molar-refractivity contribution is 5.94. The molecule has 0 saturated heterocycles. The Morgan fingerprint density at radius 2 is 1.48 bits per heavy atom. The Labute approximate surface area is 319 Å². The largest absolute Gasteiger partial charge is 0.366 e. The fourth-order valence-electron chi connectivity index (χ4n) is 10.1. The lowest BCUT2D eigenvalue weighted by Gasteiger charge is -2.40. The molecular weight excluding hydrogens is 653 g/mol. The molecule has 0 fully saturated rings. The summed E-state index contributed by atoms with van der Waals surface area (Å²) in [5, 5.41) is 9.21. The van der Waals surface area contributed by atoms with Crippen LogP contribution in [0.2, 0.25) is 0 Å². The molecule has 10 rings (SSSR count). The highest BCUT2D eigenvalue weighted by atomic mass is 15.3. The molecule has 0 bridgehead atoms. The number of nitrogens with one attached hydrogen (secondary N) is 1. The molecule has 2 heteroatoms. The van der Waals surface area contributed by atoms with Crippen molar-refractivity contribution in [3.8, 4) is 11.1 Å². The molecule has 54 heavy (non-hydrogen) atoms. The van der Waals surface area contributed by atoms with E-state index in [0.29, 0.717) is 17.8 Å². The van der Waals surface area contributed by atoms with Crippen molar-refractivity contribution < 1.29 is 0 Å². The van der Waals surface area contributed by atoms with E-state index in [1.807, 2.05) is 0 Å². The van der Waals surface area contributed by atoms with Gasteiger partial charge >= 0.3 is 0 Å². The molecular formula is C52H48N2. The molecule has 5 aromatic rings. The Bertz CT molecular complexity index is 2580. The standard InChI is InChI=1S/C52H48N2/c1-34-20-29-48-47(31-34)53-51(43-18-10-7-13-35(43)2)54(48)42-26-23-37(24-27-42)40-25-28-44-45(33-40)49(38-15-5-4-6-16-38)46-19-11-12-30-52(46,3)50(44)41-22-21-36-14-8-9-17-39(36)32-41/h4-6,8-12,14-29,32-35,43,51,53H,7,13,30-31H2,1-3H3. The molecule has 1 heterocycles. The van der Waals surface area contributed by atoms with Gasteiger partial charge in [-0.05, 0) is 128 Å². The van der Waals surface area contributed by atoms with Crippen LogP contribution in [0.1, 0.15) is 57.6 Å². The molecule has 0 amide bonds. The molecule has 4 aliphatic carbocycles. The van der Waals surface area contributed by atoms with Crippen molar-refractivity contribution >= 4 is 27.6 Å². The minimum atomic E-state index is -0.164. The second-order valence-corrected chi connectivity index (χ2v) is 16.5. The van der Waals surface area contributed by atoms with Gasteiger partial charge < -0.3 is 10.2 Å². The third kappa shape index (κ3) is 5.37. The van der Waals surface area contributed by atoms with Gasteiger partial charge in [0.05, 0.1) is 5.70 Å². The Kier molecular flexibility index (Phi) is 7.98. The SMILES string of the molecule is CC1C=CC2=C(C1)NC(C1C=CCCC1C)N2c1ccc(-c2ccc3c(c2)=C(c2ccccc2)C2=CC=CCC2(C)C=3c2ccc3ccccc3c2)cc1. The fraction of sp³-hybridized carbons (Fsp3) is 0.231. The molecule has 5 aromatic carbocycles. The van der Waals surface area contributed by atoms with E-state index in [-0.39, 0.29) is 11.6 Å². The maximum atomic E-state index is 4.01. The van der Waals surface area contributed by atoms with Crippen molar-refractivity contribution in [3.05, 3.63) is 196 Å². The van der Waals surface area contributed by atoms with E-state index in [1.54, 1.807) is 0 Å². The summed E-state index contributed by atoms with van der Waals surface area (Å²) < 4.78 is 0. The van der Waals surface area contributed by atoms with Gasteiger partial charge in [0.2, 0.25) is 0 Å². The zero-order chi connectivity index (χ0) is 36.4. The fourth-order valence-corrected chi connectivity index (χ4v) is 10.1. The van der Waals surface area contributed by atoms with Crippen LogP contribution in [0.4, 0.5) is 5.69 Å². The zero-order valence-corrected chi connectivity index (χ0v) is 31.6. The minimum absolute atomic E-state index is 0.164. The van der Waals surface area contributed by atoms with Crippen LogP contribution in [0.5, 0.6) is 0 Å². The average molecular weight is 701 g/mol. The second kappa shape index (κ2) is 13.1. The number of anilines is 1. The zero-order valence-electron chi connectivity index (χ0n) is 31.6. The van der Waals surface area contributed by atoms with Crippen LogP contribution < -0.4 is 20.7 Å². The van der Waals surface area contributed by atoms with E-state index in [0.717, 1.165) is 12.8 Å². The molecule has 0 spiro atoms. The summed E-state index contributed by atoms with van der Waals surface area (Å²) in [6.45, 7) is 7.20. The van der Waals surface area contributed by atoms with E-state index in [9.17, 15) is 0 Å². The normalized spacial score (nSPS) is 25.7. The highest BCUT2D eigenvalue weighted by Gasteiger charge is 2.41. The van der Waals surface area contributed by atoms with Crippen molar-refractivity contribution in [1.82, 2.24) is 5.32 Å². The Hall–Kier alpha value is -5.60. The van der Waals surface area contributed by atoms with Crippen molar-refractivity contribution in [2.45, 2.75) is 52.6 Å². The first kappa shape index (κ1) is 33.0. The first-order valence-electron chi connectivity index (χ1n) is 20.0. The number of nitrogens with zero attached hydrogens (tertiary/aromatic N) is 1. The predicted molar refractivity (Wildman–Crippen MR) is 227 cm³/mol. The number of benzene rings is 5. The van der Waals surface area contributed by atoms with Crippen LogP contribution in [0.3, 0.4) is 0 Å². The molecule has 1 aliphatic heterocycles. The van der Waals surface area contributed by atoms with Crippen LogP contribution >= 0.6 is 0 Å². The Morgan fingerprint density at radius 3 is 2.31 bits per heavy atom. The van der Waals surface area contributed by atoms with Crippen LogP contribution in [-0.2, 0) is 0 Å². The van der Waals surface area contributed by atoms with E-state index in [2.05, 4.69) is 189 Å². The van der Waals surface area contributed by atoms with Gasteiger partial charge in [0.25, 0.3) is 0 Å². The van der Waals surface area contributed by atoms with E-state index in [4.69, 9.17) is 0 Å². The lowest BCUT2D eigenvalue weighted by atomic mass is 9.62. The molecule has 1 N–H and O–H groups in total. The van der Waals surface area contributed by atoms with Crippen molar-refractivity contribution in [2.24, 2.45) is 23.2 Å². The highest BCUT2D eigenvalue weighted by Crippen LogP contribution is 2.50. The molecule has 0 saturated carbocycles. The summed E-state index contributed by atoms with van der Waals surface area (Å²) in [4.78, 5) is 2.58. The maximum absolute atomic E-state index is 4.01. The van der Waals surface area contributed by atoms with Crippen LogP contribution in [-0.4, -0.2) is 6.17 Å². The van der Waals surface area contributed by atoms with E-state index < -0.39 is 0 Å². The first-order chi connectivity index (χ1) is 26.5. The van der Waals surface area contributed by atoms with Crippen LogP contribution in [0.25, 0.3) is 33.0 Å². The first-order valence-corrected chi connectivity index (χ1v) is 20.0. The monoisotopic (exact) mass is 700 g/mol. The lowest BCUT2D eigenvalue weighted by molar-refractivity contribution is 0.314. The quantitative estimate of drug-likeness (QED) is 0.184. The van der Waals surface area contributed by atoms with Gasteiger partial charge in [-0.25, -0.2) is 0 Å². The number of hydrogen-bond donors (Lipinski definition) is 1. The average Bonchev–Trinajstić information content (AvgIpc) is 3.58. The van der Waals surface area contributed by atoms with Gasteiger partial charge in [-0.1, -0.05) is 148 Å². The van der Waals surface area contributed by atoms with Gasteiger partial charge in [0, 0.05) is 22.7 Å². The summed E-state index contributed by atoms with van der Waals surface area (Å²) in [5.41, 5.74) is 13.0. The summed E-state index contributed by atoms with van der Waals surface area (Å²) in [5.74, 6) is 1.65. The van der Waals surface area contributed by atoms with Crippen molar-refractivity contribution in [3.63, 3.8) is 0 Å². The van der Waals surface area contributed by atoms with Gasteiger partial charge in [-0.3, -0.25) is 0 Å². The summed E-state index contributed by atoms with van der Waals surface area (Å²) in [6, 6.07) is 43.4. The topological polar surface area (TPSA) is 15.3 Å². The number of allylic oxidation sites excluding steroid dienone is 8. The third-order valence-corrected chi connectivity index (χ3v) is 12.9. The predicted octanol–water partition coefficient (Wildman–Crippen LogP) is 11.0. The molecule has 0 radical (unpaired) electrons. The smallest absolute Gasteiger partial charge is 0.110 e. The van der Waals surface area contributed by atoms with Crippen LogP contribution in [0.15, 0.2) is 175 Å². The van der Waals surface area contributed by atoms with Crippen molar-refractivity contribution in [2.75, 3.05) is 4.90 Å². The van der Waals surface area contributed by atoms with Gasteiger partial charge in [-0.15, -0.1) is 0 Å². The molecule has 5 aliphatic rings. The van der Waals surface area contributed by atoms with Crippen LogP contribution in [0, 0.1) is 23.2 Å². The number of fused-ring (bicyclic) bond motifs is 3. The summed E-state index contributed by atoms with van der Waals surface area (Å²) >= 11 is 0. The van der Waals surface area contributed by atoms with E-state index >= 15 is 0 Å². The molecule has 2 nitrogen and oxygen atoms in total. The molecule has 5 unspecified atom stereocenters. The van der Waals surface area contributed by atoms with Crippen molar-refractivity contribution in [1.29, 1.82) is 0 Å². The molecule has 266 valence electrons. The number of rotatable bonds is 5. The Morgan fingerprint density at radius 1 is 0.704 bits per heavy atom. The molecule has 0 aromatic heterocycles. The minimum Gasteiger partial charge on any atom is -0.366 e. The second-order valence-electron chi connectivity index (χ2n) is 16.5. The maximum Gasteiger partial charge on any atom is 0.110 e. The summed E-state index contributed by atoms with van der Waals surface area (Å²) in [6.07, 6.45) is 21.3. The summed E-state index contributed by atoms with van der Waals surface area (Å²) in [7, 11) is 0. The lowest BCUT2D eigenvalue weighted by Crippen LogP contribution is -2.45. The van der Waals surface area contributed by atoms with Gasteiger partial charge in [0.15, 0.2) is 0 Å². The number of hydrogen-bond acceptors (Lipinski definition) is 2. The van der Waals surface area contributed by atoms with Gasteiger partial charge in [0.1, 0.15) is 6.17 Å². The third-order valence-electron chi connectivity index (χ3n) is 12.9. The molecule has 5 atom stereocenters. The Balaban J connectivity index is 1.14. The van der Waals surface area contributed by atoms with E-state index in [1.165, 1.54) is 90.1 Å².